The molecule has 0 aliphatic heterocycles. The number of ether oxygens (including phenoxy) is 1. The molecule has 0 heterocycles. The Morgan fingerprint density at radius 1 is 1.53 bits per heavy atom. The van der Waals surface area contributed by atoms with Gasteiger partial charge in [0.15, 0.2) is 0 Å². The number of benzene rings is 1. The third-order valence-corrected chi connectivity index (χ3v) is 4.64. The van der Waals surface area contributed by atoms with E-state index in [0.29, 0.717) is 5.92 Å². The van der Waals surface area contributed by atoms with Gasteiger partial charge in [0, 0.05) is 10.8 Å². The maximum atomic E-state index is 11.6. The van der Waals surface area contributed by atoms with Crippen LogP contribution in [0.3, 0.4) is 0 Å². The van der Waals surface area contributed by atoms with Gasteiger partial charge in [0.1, 0.15) is 5.25 Å². The summed E-state index contributed by atoms with van der Waals surface area (Å²) in [5.74, 6) is 1.15. The number of rotatable bonds is 5. The smallest absolute Gasteiger partial charge is 0.319 e. The van der Waals surface area contributed by atoms with Gasteiger partial charge in [-0.05, 0) is 30.4 Å². The van der Waals surface area contributed by atoms with Gasteiger partial charge in [-0.15, -0.1) is 11.8 Å². The first kappa shape index (κ1) is 12.8. The lowest BCUT2D eigenvalue weighted by molar-refractivity contribution is -0.140. The lowest BCUT2D eigenvalue weighted by Gasteiger charge is -2.13. The van der Waals surface area contributed by atoms with Gasteiger partial charge in [0.25, 0.3) is 0 Å². The third kappa shape index (κ3) is 3.39. The van der Waals surface area contributed by atoms with Crippen molar-refractivity contribution in [3.05, 3.63) is 34.9 Å². The second-order valence-corrected chi connectivity index (χ2v) is 5.72. The van der Waals surface area contributed by atoms with Gasteiger partial charge < -0.3 is 4.74 Å². The zero-order valence-corrected chi connectivity index (χ0v) is 11.3. The summed E-state index contributed by atoms with van der Waals surface area (Å²) in [6, 6.07) is 7.75. The van der Waals surface area contributed by atoms with Crippen molar-refractivity contribution in [2.45, 2.75) is 23.8 Å². The minimum absolute atomic E-state index is 0.0312. The number of hydrogen-bond donors (Lipinski definition) is 0. The van der Waals surface area contributed by atoms with Crippen LogP contribution in [-0.4, -0.2) is 18.3 Å². The van der Waals surface area contributed by atoms with Gasteiger partial charge in [-0.2, -0.15) is 0 Å². The number of carbonyl (C=O) groups excluding carboxylic acids is 1. The highest BCUT2D eigenvalue weighted by Gasteiger charge is 2.37. The van der Waals surface area contributed by atoms with Crippen LogP contribution in [0.25, 0.3) is 0 Å². The van der Waals surface area contributed by atoms with Crippen LogP contribution in [0.15, 0.2) is 24.3 Å². The molecule has 0 aromatic heterocycles. The Hall–Kier alpha value is -0.670. The van der Waals surface area contributed by atoms with Crippen molar-refractivity contribution in [1.29, 1.82) is 0 Å². The Kier molecular flexibility index (Phi) is 4.35. The van der Waals surface area contributed by atoms with Crippen molar-refractivity contribution in [3.8, 4) is 0 Å². The van der Waals surface area contributed by atoms with Crippen LogP contribution >= 0.6 is 23.4 Å². The van der Waals surface area contributed by atoms with Gasteiger partial charge in [-0.3, -0.25) is 4.79 Å². The average molecular weight is 271 g/mol. The number of methoxy groups -OCH3 is 1. The molecular formula is C13H15ClO2S. The Bertz CT molecular complexity index is 404. The second-order valence-electron chi connectivity index (χ2n) is 4.18. The summed E-state index contributed by atoms with van der Waals surface area (Å²) in [5.41, 5.74) is 1.08. The second kappa shape index (κ2) is 5.78. The molecule has 1 aromatic rings. The predicted octanol–water partition coefficient (Wildman–Crippen LogP) is 3.52. The third-order valence-electron chi connectivity index (χ3n) is 2.86. The van der Waals surface area contributed by atoms with E-state index in [1.807, 2.05) is 24.3 Å². The zero-order valence-electron chi connectivity index (χ0n) is 9.69. The monoisotopic (exact) mass is 270 g/mol. The van der Waals surface area contributed by atoms with E-state index in [2.05, 4.69) is 0 Å². The van der Waals surface area contributed by atoms with Crippen LogP contribution < -0.4 is 0 Å². The van der Waals surface area contributed by atoms with Crippen molar-refractivity contribution in [2.24, 2.45) is 5.92 Å². The lowest BCUT2D eigenvalue weighted by atomic mass is 10.2. The Labute approximate surface area is 111 Å². The fraction of sp³-hybridized carbons (Fsp3) is 0.462. The normalized spacial score (nSPS) is 16.6. The van der Waals surface area contributed by atoms with Crippen molar-refractivity contribution in [2.75, 3.05) is 7.11 Å². The fourth-order valence-corrected chi connectivity index (χ4v) is 3.38. The molecule has 17 heavy (non-hydrogen) atoms. The molecule has 0 N–H and O–H groups in total. The molecule has 1 fully saturated rings. The van der Waals surface area contributed by atoms with Gasteiger partial charge >= 0.3 is 5.97 Å². The summed E-state index contributed by atoms with van der Waals surface area (Å²) in [4.78, 5) is 11.6. The van der Waals surface area contributed by atoms with E-state index in [4.69, 9.17) is 16.3 Å². The minimum Gasteiger partial charge on any atom is -0.468 e. The van der Waals surface area contributed by atoms with Gasteiger partial charge in [0.05, 0.1) is 7.11 Å². The molecule has 0 amide bonds. The first-order chi connectivity index (χ1) is 8.22. The molecule has 4 heteroatoms. The van der Waals surface area contributed by atoms with Crippen LogP contribution in [0.5, 0.6) is 0 Å². The summed E-state index contributed by atoms with van der Waals surface area (Å²) < 4.78 is 4.84. The molecule has 1 aliphatic carbocycles. The van der Waals surface area contributed by atoms with Crippen molar-refractivity contribution in [3.63, 3.8) is 0 Å². The van der Waals surface area contributed by atoms with E-state index in [-0.39, 0.29) is 11.2 Å². The van der Waals surface area contributed by atoms with Crippen LogP contribution in [0.2, 0.25) is 5.02 Å². The van der Waals surface area contributed by atoms with E-state index >= 15 is 0 Å². The van der Waals surface area contributed by atoms with Gasteiger partial charge in [-0.1, -0.05) is 29.8 Å². The van der Waals surface area contributed by atoms with Crippen LogP contribution in [0.4, 0.5) is 0 Å². The largest absolute Gasteiger partial charge is 0.468 e. The number of esters is 1. The Morgan fingerprint density at radius 2 is 2.24 bits per heavy atom. The number of halogens is 1. The molecule has 0 saturated heterocycles. The molecule has 92 valence electrons. The highest BCUT2D eigenvalue weighted by molar-refractivity contribution is 7.99. The fourth-order valence-electron chi connectivity index (χ4n) is 1.71. The number of thioether (sulfide) groups is 1. The topological polar surface area (TPSA) is 26.3 Å². The summed E-state index contributed by atoms with van der Waals surface area (Å²) in [5, 5.41) is 0.732. The van der Waals surface area contributed by atoms with Crippen molar-refractivity contribution in [1.82, 2.24) is 0 Å². The molecule has 1 aliphatic rings. The maximum absolute atomic E-state index is 11.6. The highest BCUT2D eigenvalue weighted by Crippen LogP contribution is 2.41. The first-order valence-electron chi connectivity index (χ1n) is 5.65. The highest BCUT2D eigenvalue weighted by atomic mass is 35.5. The summed E-state index contributed by atoms with van der Waals surface area (Å²) >= 11 is 7.72. The van der Waals surface area contributed by atoms with Crippen LogP contribution in [-0.2, 0) is 15.3 Å². The van der Waals surface area contributed by atoms with Gasteiger partial charge in [-0.25, -0.2) is 0 Å². The summed E-state index contributed by atoms with van der Waals surface area (Å²) in [6.07, 6.45) is 2.27. The summed E-state index contributed by atoms with van der Waals surface area (Å²) in [7, 11) is 1.45. The molecule has 0 spiro atoms. The molecule has 2 rings (SSSR count). The quantitative estimate of drug-likeness (QED) is 0.766. The lowest BCUT2D eigenvalue weighted by Crippen LogP contribution is -2.21. The van der Waals surface area contributed by atoms with Crippen LogP contribution in [0, 0.1) is 5.92 Å². The molecule has 0 radical (unpaired) electrons. The number of hydrogen-bond acceptors (Lipinski definition) is 3. The minimum atomic E-state index is -0.107. The van der Waals surface area contributed by atoms with Crippen molar-refractivity contribution < 1.29 is 9.53 Å². The van der Waals surface area contributed by atoms with E-state index in [0.717, 1.165) is 29.2 Å². The first-order valence-corrected chi connectivity index (χ1v) is 7.08. The summed E-state index contributed by atoms with van der Waals surface area (Å²) in [6.45, 7) is 0. The van der Waals surface area contributed by atoms with Gasteiger partial charge in [0.2, 0.25) is 0 Å². The number of carbonyl (C=O) groups is 1. The zero-order chi connectivity index (χ0) is 12.3. The molecule has 2 nitrogen and oxygen atoms in total. The van der Waals surface area contributed by atoms with E-state index < -0.39 is 0 Å². The molecule has 1 aromatic carbocycles. The molecular weight excluding hydrogens is 256 g/mol. The standard InChI is InChI=1S/C13H15ClO2S/c1-16-13(15)12(9-6-7-9)17-8-10-4-2-3-5-11(10)14/h2-5,9,12H,6-8H2,1H3. The SMILES string of the molecule is COC(=O)C(SCc1ccccc1Cl)C1CC1. The molecule has 0 bridgehead atoms. The Balaban J connectivity index is 1.95. The van der Waals surface area contributed by atoms with E-state index in [1.165, 1.54) is 7.11 Å². The predicted molar refractivity (Wildman–Crippen MR) is 71.3 cm³/mol. The Morgan fingerprint density at radius 3 is 2.82 bits per heavy atom. The van der Waals surface area contributed by atoms with Crippen molar-refractivity contribution >= 4 is 29.3 Å². The van der Waals surface area contributed by atoms with E-state index in [9.17, 15) is 4.79 Å². The maximum Gasteiger partial charge on any atom is 0.319 e. The molecule has 1 saturated carbocycles. The molecule has 1 unspecified atom stereocenters. The molecule has 1 atom stereocenters. The van der Waals surface area contributed by atoms with E-state index in [1.54, 1.807) is 11.8 Å². The average Bonchev–Trinajstić information content (AvgIpc) is 3.15. The van der Waals surface area contributed by atoms with Crippen LogP contribution in [0.1, 0.15) is 18.4 Å².